The van der Waals surface area contributed by atoms with Crippen LogP contribution in [0.4, 0.5) is 0 Å². The molecule has 5 rings (SSSR count). The van der Waals surface area contributed by atoms with Crippen molar-refractivity contribution in [3.05, 3.63) is 102 Å². The summed E-state index contributed by atoms with van der Waals surface area (Å²) in [6.07, 6.45) is 3.60. The smallest absolute Gasteiger partial charge is 0.252 e. The molecule has 34 heavy (non-hydrogen) atoms. The summed E-state index contributed by atoms with van der Waals surface area (Å²) in [5.74, 6) is 1.07. The Bertz CT molecular complexity index is 1240. The number of rotatable bonds is 6. The molecule has 4 aromatic rings. The van der Waals surface area contributed by atoms with Gasteiger partial charge in [-0.05, 0) is 37.5 Å². The first kappa shape index (κ1) is 22.1. The maximum atomic E-state index is 13.2. The normalized spacial score (nSPS) is 14.7. The number of carbonyl (C=O) groups excluding carboxylic acids is 1. The molecular weight excluding hydrogens is 422 g/mol. The molecule has 1 aromatic heterocycles. The van der Waals surface area contributed by atoms with E-state index in [4.69, 9.17) is 4.42 Å². The lowest BCUT2D eigenvalue weighted by Gasteiger charge is -2.32. The fourth-order valence-electron chi connectivity index (χ4n) is 4.46. The van der Waals surface area contributed by atoms with Crippen LogP contribution in [0.1, 0.15) is 34.3 Å². The van der Waals surface area contributed by atoms with E-state index in [1.54, 1.807) is 6.20 Å². The highest BCUT2D eigenvalue weighted by Gasteiger charge is 2.23. The van der Waals surface area contributed by atoms with Crippen molar-refractivity contribution < 1.29 is 9.21 Å². The predicted molar refractivity (Wildman–Crippen MR) is 134 cm³/mol. The van der Waals surface area contributed by atoms with Crippen molar-refractivity contribution in [2.45, 2.75) is 32.4 Å². The highest BCUT2D eigenvalue weighted by molar-refractivity contribution is 6.00. The van der Waals surface area contributed by atoms with Crippen LogP contribution in [-0.2, 0) is 6.54 Å². The second-order valence-electron chi connectivity index (χ2n) is 8.95. The number of oxazole rings is 1. The summed E-state index contributed by atoms with van der Waals surface area (Å²) in [4.78, 5) is 20.1. The minimum atomic E-state index is -0.0767. The molecule has 0 bridgehead atoms. The van der Waals surface area contributed by atoms with Gasteiger partial charge in [-0.25, -0.2) is 4.98 Å². The Hall–Kier alpha value is -3.70. The molecule has 0 unspecified atom stereocenters. The molecule has 1 fully saturated rings. The lowest BCUT2D eigenvalue weighted by molar-refractivity contribution is 0.0909. The Labute approximate surface area is 200 Å². The Morgan fingerprint density at radius 1 is 0.971 bits per heavy atom. The Kier molecular flexibility index (Phi) is 6.54. The topological polar surface area (TPSA) is 58.4 Å². The molecule has 5 nitrogen and oxygen atoms in total. The molecule has 1 N–H and O–H groups in total. The van der Waals surface area contributed by atoms with Gasteiger partial charge in [0.05, 0.1) is 11.8 Å². The quantitative estimate of drug-likeness (QED) is 0.408. The van der Waals surface area contributed by atoms with E-state index in [0.717, 1.165) is 38.0 Å². The van der Waals surface area contributed by atoms with Crippen molar-refractivity contribution in [3.8, 4) is 22.8 Å². The van der Waals surface area contributed by atoms with Crippen LogP contribution in [0.15, 0.2) is 89.5 Å². The number of amides is 1. The van der Waals surface area contributed by atoms with Crippen LogP contribution in [0, 0.1) is 6.92 Å². The standard InChI is InChI=1S/C29H29N3O2/c1-21-11-13-23(14-12-21)27-19-30-29(34-27)26-10-6-5-9-25(26)28(33)31-24-15-17-32(18-16-24)20-22-7-3-2-4-8-22/h2-14,19,24H,15-18,20H2,1H3,(H,31,33). The number of aryl methyl sites for hydroxylation is 1. The number of hydrogen-bond acceptors (Lipinski definition) is 4. The van der Waals surface area contributed by atoms with Crippen molar-refractivity contribution in [3.63, 3.8) is 0 Å². The third-order valence-electron chi connectivity index (χ3n) is 6.42. The zero-order valence-corrected chi connectivity index (χ0v) is 19.4. The molecule has 172 valence electrons. The van der Waals surface area contributed by atoms with E-state index in [1.165, 1.54) is 11.1 Å². The number of carbonyl (C=O) groups is 1. The second-order valence-corrected chi connectivity index (χ2v) is 8.95. The Balaban J connectivity index is 1.24. The van der Waals surface area contributed by atoms with E-state index in [1.807, 2.05) is 54.6 Å². The monoisotopic (exact) mass is 451 g/mol. The van der Waals surface area contributed by atoms with Crippen LogP contribution in [0.5, 0.6) is 0 Å². The van der Waals surface area contributed by atoms with Crippen LogP contribution in [0.2, 0.25) is 0 Å². The molecule has 0 atom stereocenters. The Morgan fingerprint density at radius 3 is 2.44 bits per heavy atom. The summed E-state index contributed by atoms with van der Waals surface area (Å²) in [6.45, 7) is 4.96. The van der Waals surface area contributed by atoms with Gasteiger partial charge in [-0.3, -0.25) is 9.69 Å². The molecular formula is C29H29N3O2. The molecule has 3 aromatic carbocycles. The second kappa shape index (κ2) is 10.1. The van der Waals surface area contributed by atoms with E-state index in [2.05, 4.69) is 46.4 Å². The molecule has 2 heterocycles. The summed E-state index contributed by atoms with van der Waals surface area (Å²) in [5.41, 5.74) is 4.78. The van der Waals surface area contributed by atoms with Crippen molar-refractivity contribution >= 4 is 5.91 Å². The molecule has 1 aliphatic heterocycles. The van der Waals surface area contributed by atoms with Gasteiger partial charge in [-0.2, -0.15) is 0 Å². The maximum absolute atomic E-state index is 13.2. The largest absolute Gasteiger partial charge is 0.436 e. The van der Waals surface area contributed by atoms with Gasteiger partial charge < -0.3 is 9.73 Å². The lowest BCUT2D eigenvalue weighted by Crippen LogP contribution is -2.44. The lowest BCUT2D eigenvalue weighted by atomic mass is 10.0. The number of nitrogens with zero attached hydrogens (tertiary/aromatic N) is 2. The van der Waals surface area contributed by atoms with Gasteiger partial charge in [-0.1, -0.05) is 72.3 Å². The van der Waals surface area contributed by atoms with Gasteiger partial charge >= 0.3 is 0 Å². The van der Waals surface area contributed by atoms with E-state index in [-0.39, 0.29) is 11.9 Å². The number of piperidine rings is 1. The number of likely N-dealkylation sites (tertiary alicyclic amines) is 1. The summed E-state index contributed by atoms with van der Waals surface area (Å²) in [5, 5.41) is 3.24. The zero-order valence-electron chi connectivity index (χ0n) is 19.4. The molecule has 1 amide bonds. The highest BCUT2D eigenvalue weighted by atomic mass is 16.4. The van der Waals surface area contributed by atoms with Crippen LogP contribution < -0.4 is 5.32 Å². The van der Waals surface area contributed by atoms with Gasteiger partial charge in [0.2, 0.25) is 5.89 Å². The van der Waals surface area contributed by atoms with Gasteiger partial charge in [0, 0.05) is 36.8 Å². The third-order valence-corrected chi connectivity index (χ3v) is 6.42. The molecule has 0 radical (unpaired) electrons. The minimum absolute atomic E-state index is 0.0767. The van der Waals surface area contributed by atoms with Crippen molar-refractivity contribution in [2.24, 2.45) is 0 Å². The maximum Gasteiger partial charge on any atom is 0.252 e. The van der Waals surface area contributed by atoms with E-state index < -0.39 is 0 Å². The zero-order chi connectivity index (χ0) is 23.3. The Morgan fingerprint density at radius 2 is 1.68 bits per heavy atom. The van der Waals surface area contributed by atoms with Crippen molar-refractivity contribution in [1.29, 1.82) is 0 Å². The SMILES string of the molecule is Cc1ccc(-c2cnc(-c3ccccc3C(=O)NC3CCN(Cc4ccccc4)CC3)o2)cc1. The fraction of sp³-hybridized carbons (Fsp3) is 0.241. The number of benzene rings is 3. The minimum Gasteiger partial charge on any atom is -0.436 e. The predicted octanol–water partition coefficient (Wildman–Crippen LogP) is 5.71. The molecule has 0 spiro atoms. The first-order valence-electron chi connectivity index (χ1n) is 11.8. The van der Waals surface area contributed by atoms with Crippen molar-refractivity contribution in [1.82, 2.24) is 15.2 Å². The van der Waals surface area contributed by atoms with Crippen LogP contribution in [0.25, 0.3) is 22.8 Å². The first-order chi connectivity index (χ1) is 16.7. The molecule has 5 heteroatoms. The van der Waals surface area contributed by atoms with Gasteiger partial charge in [0.1, 0.15) is 0 Å². The highest BCUT2D eigenvalue weighted by Crippen LogP contribution is 2.28. The average molecular weight is 452 g/mol. The number of nitrogens with one attached hydrogen (secondary N) is 1. The fourth-order valence-corrected chi connectivity index (χ4v) is 4.46. The van der Waals surface area contributed by atoms with Crippen molar-refractivity contribution in [2.75, 3.05) is 13.1 Å². The number of hydrogen-bond donors (Lipinski definition) is 1. The first-order valence-corrected chi connectivity index (χ1v) is 11.8. The van der Waals surface area contributed by atoms with Crippen LogP contribution >= 0.6 is 0 Å². The van der Waals surface area contributed by atoms with Gasteiger partial charge in [0.15, 0.2) is 5.76 Å². The third kappa shape index (κ3) is 5.10. The summed E-state index contributed by atoms with van der Waals surface area (Å²) >= 11 is 0. The van der Waals surface area contributed by atoms with Crippen LogP contribution in [0.3, 0.4) is 0 Å². The summed E-state index contributed by atoms with van der Waals surface area (Å²) in [7, 11) is 0. The van der Waals surface area contributed by atoms with E-state index in [0.29, 0.717) is 22.8 Å². The molecule has 0 aliphatic carbocycles. The number of aromatic nitrogens is 1. The van der Waals surface area contributed by atoms with E-state index in [9.17, 15) is 4.79 Å². The molecule has 1 saturated heterocycles. The van der Waals surface area contributed by atoms with Crippen LogP contribution in [-0.4, -0.2) is 34.9 Å². The average Bonchev–Trinajstić information content (AvgIpc) is 3.36. The molecule has 1 aliphatic rings. The summed E-state index contributed by atoms with van der Waals surface area (Å²) < 4.78 is 6.05. The van der Waals surface area contributed by atoms with E-state index >= 15 is 0 Å². The molecule has 0 saturated carbocycles. The van der Waals surface area contributed by atoms with Gasteiger partial charge in [0.25, 0.3) is 5.91 Å². The van der Waals surface area contributed by atoms with Gasteiger partial charge in [-0.15, -0.1) is 0 Å². The summed E-state index contributed by atoms with van der Waals surface area (Å²) in [6, 6.07) is 26.3.